The van der Waals surface area contributed by atoms with Gasteiger partial charge in [-0.2, -0.15) is 5.10 Å². The average Bonchev–Trinajstić information content (AvgIpc) is 3.10. The van der Waals surface area contributed by atoms with Crippen molar-refractivity contribution in [3.8, 4) is 0 Å². The van der Waals surface area contributed by atoms with Crippen LogP contribution >= 0.6 is 0 Å². The Labute approximate surface area is 114 Å². The monoisotopic (exact) mass is 256 g/mol. The minimum Gasteiger partial charge on any atom is -0.273 e. The lowest BCUT2D eigenvalue weighted by Crippen LogP contribution is -2.28. The zero-order valence-electron chi connectivity index (χ0n) is 11.2. The van der Waals surface area contributed by atoms with Crippen LogP contribution in [0.25, 0.3) is 0 Å². The second-order valence-electron chi connectivity index (χ2n) is 5.55. The number of carbonyl (C=O) groups excluding carboxylic acids is 1. The molecule has 1 aliphatic carbocycles. The Hall–Kier alpha value is -1.64. The number of hydrogen-bond acceptors (Lipinski definition) is 2. The molecule has 1 saturated carbocycles. The van der Waals surface area contributed by atoms with Gasteiger partial charge in [0.15, 0.2) is 0 Å². The summed E-state index contributed by atoms with van der Waals surface area (Å²) in [5.74, 6) is 0.772. The molecule has 0 spiro atoms. The maximum Gasteiger partial charge on any atom is 0.243 e. The Kier molecular flexibility index (Phi) is 3.62. The van der Waals surface area contributed by atoms with Gasteiger partial charge in [-0.3, -0.25) is 4.79 Å². The van der Waals surface area contributed by atoms with Crippen molar-refractivity contribution < 1.29 is 4.79 Å². The Morgan fingerprint density at radius 3 is 2.68 bits per heavy atom. The lowest BCUT2D eigenvalue weighted by molar-refractivity contribution is -0.134. The zero-order chi connectivity index (χ0) is 13.1. The van der Waals surface area contributed by atoms with Gasteiger partial charge in [0.2, 0.25) is 5.91 Å². The number of amides is 1. The molecule has 3 rings (SSSR count). The van der Waals surface area contributed by atoms with Gasteiger partial charge in [0.1, 0.15) is 0 Å². The third-order valence-electron chi connectivity index (χ3n) is 4.21. The first-order chi connectivity index (χ1) is 9.34. The van der Waals surface area contributed by atoms with E-state index in [0.717, 1.165) is 6.42 Å². The van der Waals surface area contributed by atoms with Crippen molar-refractivity contribution in [2.45, 2.75) is 44.6 Å². The molecule has 2 aliphatic rings. The standard InChI is InChI=1S/C16H20N2O/c19-16(12-13-6-4-5-7-13)18-15(10-11-17-18)14-8-2-1-3-9-14/h1-3,8-9,11,13,15H,4-7,10,12H2. The first-order valence-corrected chi connectivity index (χ1v) is 7.24. The Balaban J connectivity index is 1.68. The van der Waals surface area contributed by atoms with E-state index in [2.05, 4.69) is 17.2 Å². The van der Waals surface area contributed by atoms with E-state index < -0.39 is 0 Å². The van der Waals surface area contributed by atoms with E-state index in [-0.39, 0.29) is 11.9 Å². The molecule has 100 valence electrons. The van der Waals surface area contributed by atoms with Gasteiger partial charge in [0.25, 0.3) is 0 Å². The molecule has 1 unspecified atom stereocenters. The molecule has 1 fully saturated rings. The molecule has 0 N–H and O–H groups in total. The van der Waals surface area contributed by atoms with Crippen LogP contribution in [0.3, 0.4) is 0 Å². The topological polar surface area (TPSA) is 32.7 Å². The quantitative estimate of drug-likeness (QED) is 0.814. The summed E-state index contributed by atoms with van der Waals surface area (Å²) >= 11 is 0. The molecule has 1 atom stereocenters. The smallest absolute Gasteiger partial charge is 0.243 e. The maximum absolute atomic E-state index is 12.4. The molecular weight excluding hydrogens is 236 g/mol. The lowest BCUT2D eigenvalue weighted by atomic mass is 10.0. The molecule has 1 heterocycles. The third-order valence-corrected chi connectivity index (χ3v) is 4.21. The van der Waals surface area contributed by atoms with Crippen molar-refractivity contribution in [1.82, 2.24) is 5.01 Å². The molecule has 1 aliphatic heterocycles. The van der Waals surface area contributed by atoms with Crippen LogP contribution in [-0.2, 0) is 4.79 Å². The molecule has 3 heteroatoms. The summed E-state index contributed by atoms with van der Waals surface area (Å²) in [4.78, 5) is 12.4. The Morgan fingerprint density at radius 1 is 1.21 bits per heavy atom. The highest BCUT2D eigenvalue weighted by Crippen LogP contribution is 2.32. The number of benzene rings is 1. The van der Waals surface area contributed by atoms with Crippen molar-refractivity contribution in [1.29, 1.82) is 0 Å². The van der Waals surface area contributed by atoms with Crippen LogP contribution in [0.1, 0.15) is 50.1 Å². The number of carbonyl (C=O) groups is 1. The summed E-state index contributed by atoms with van der Waals surface area (Å²) in [6.45, 7) is 0. The molecule has 19 heavy (non-hydrogen) atoms. The van der Waals surface area contributed by atoms with Crippen molar-refractivity contribution in [2.75, 3.05) is 0 Å². The average molecular weight is 256 g/mol. The van der Waals surface area contributed by atoms with Gasteiger partial charge in [-0.15, -0.1) is 0 Å². The third kappa shape index (κ3) is 2.70. The molecule has 3 nitrogen and oxygen atoms in total. The molecule has 0 saturated heterocycles. The summed E-state index contributed by atoms with van der Waals surface area (Å²) < 4.78 is 0. The van der Waals surface area contributed by atoms with Gasteiger partial charge in [0, 0.05) is 19.1 Å². The number of nitrogens with zero attached hydrogens (tertiary/aromatic N) is 2. The number of hydrazone groups is 1. The van der Waals surface area contributed by atoms with Crippen LogP contribution in [0.2, 0.25) is 0 Å². The van der Waals surface area contributed by atoms with Crippen molar-refractivity contribution in [2.24, 2.45) is 11.0 Å². The zero-order valence-corrected chi connectivity index (χ0v) is 11.2. The van der Waals surface area contributed by atoms with E-state index in [1.807, 2.05) is 24.4 Å². The summed E-state index contributed by atoms with van der Waals surface area (Å²) in [6.07, 6.45) is 8.34. The summed E-state index contributed by atoms with van der Waals surface area (Å²) in [5, 5.41) is 6.00. The largest absolute Gasteiger partial charge is 0.273 e. The highest BCUT2D eigenvalue weighted by atomic mass is 16.2. The SMILES string of the molecule is O=C(CC1CCCC1)N1N=CCC1c1ccccc1. The van der Waals surface area contributed by atoms with Crippen LogP contribution in [-0.4, -0.2) is 17.1 Å². The van der Waals surface area contributed by atoms with E-state index in [1.165, 1.54) is 31.2 Å². The minimum atomic E-state index is 0.107. The minimum absolute atomic E-state index is 0.107. The van der Waals surface area contributed by atoms with Gasteiger partial charge in [0.05, 0.1) is 6.04 Å². The first kappa shape index (κ1) is 12.4. The summed E-state index contributed by atoms with van der Waals surface area (Å²) in [5.41, 5.74) is 1.18. The first-order valence-electron chi connectivity index (χ1n) is 7.24. The summed E-state index contributed by atoms with van der Waals surface area (Å²) in [7, 11) is 0. The van der Waals surface area contributed by atoms with Crippen LogP contribution in [0, 0.1) is 5.92 Å². The van der Waals surface area contributed by atoms with E-state index >= 15 is 0 Å². The number of rotatable bonds is 3. The van der Waals surface area contributed by atoms with Gasteiger partial charge < -0.3 is 0 Å². The van der Waals surface area contributed by atoms with Crippen LogP contribution in [0.15, 0.2) is 35.4 Å². The Bertz CT molecular complexity index is 463. The number of hydrogen-bond donors (Lipinski definition) is 0. The van der Waals surface area contributed by atoms with E-state index in [9.17, 15) is 4.79 Å². The fourth-order valence-corrected chi connectivity index (χ4v) is 3.16. The van der Waals surface area contributed by atoms with Crippen LogP contribution in [0.4, 0.5) is 0 Å². The predicted molar refractivity (Wildman–Crippen MR) is 75.7 cm³/mol. The van der Waals surface area contributed by atoms with Gasteiger partial charge in [-0.25, -0.2) is 5.01 Å². The fourth-order valence-electron chi connectivity index (χ4n) is 3.16. The summed E-state index contributed by atoms with van der Waals surface area (Å²) in [6, 6.07) is 10.3. The lowest BCUT2D eigenvalue weighted by Gasteiger charge is -2.23. The van der Waals surface area contributed by atoms with Gasteiger partial charge >= 0.3 is 0 Å². The van der Waals surface area contributed by atoms with Gasteiger partial charge in [-0.05, 0) is 24.3 Å². The molecule has 0 bridgehead atoms. The van der Waals surface area contributed by atoms with E-state index in [4.69, 9.17) is 0 Å². The predicted octanol–water partition coefficient (Wildman–Crippen LogP) is 3.53. The highest BCUT2D eigenvalue weighted by molar-refractivity contribution is 5.80. The van der Waals surface area contributed by atoms with Crippen molar-refractivity contribution in [3.63, 3.8) is 0 Å². The second-order valence-corrected chi connectivity index (χ2v) is 5.55. The molecule has 0 aromatic heterocycles. The van der Waals surface area contributed by atoms with E-state index in [1.54, 1.807) is 5.01 Å². The van der Waals surface area contributed by atoms with E-state index in [0.29, 0.717) is 12.3 Å². The van der Waals surface area contributed by atoms with Gasteiger partial charge in [-0.1, -0.05) is 43.2 Å². The molecular formula is C16H20N2O. The van der Waals surface area contributed by atoms with Crippen LogP contribution < -0.4 is 0 Å². The van der Waals surface area contributed by atoms with Crippen LogP contribution in [0.5, 0.6) is 0 Å². The second kappa shape index (κ2) is 5.55. The van der Waals surface area contributed by atoms with Crippen molar-refractivity contribution in [3.05, 3.63) is 35.9 Å². The molecule has 1 amide bonds. The maximum atomic E-state index is 12.4. The molecule has 1 aromatic carbocycles. The fraction of sp³-hybridized carbons (Fsp3) is 0.500. The van der Waals surface area contributed by atoms with Crippen molar-refractivity contribution >= 4 is 12.1 Å². The highest BCUT2D eigenvalue weighted by Gasteiger charge is 2.30. The Morgan fingerprint density at radius 2 is 1.95 bits per heavy atom. The molecule has 0 radical (unpaired) electrons. The molecule has 1 aromatic rings. The normalized spacial score (nSPS) is 23.2.